The second-order valence-corrected chi connectivity index (χ2v) is 19.2. The Kier molecular flexibility index (Phi) is 10.3. The highest BCUT2D eigenvalue weighted by molar-refractivity contribution is 6.20. The lowest BCUT2D eigenvalue weighted by atomic mass is 9.91. The fourth-order valence-electron chi connectivity index (χ4n) is 11.8. The summed E-state index contributed by atoms with van der Waals surface area (Å²) in [6.45, 7) is 0. The standard InChI is InChI=1S/C70H49N3/c1-5-20-48(21-6-1)49-36-40-56(41-37-49)73-69(53-25-9-3-10-26-53)68(52-23-7-2-8-24-52)64-47-62(59-31-15-16-33-61(59)70(64)73)51-38-42-55(43-39-51)71(65-35-19-27-50-22-13-14-30-58(50)65)57-44-45-67-63(46-57)60-32-17-18-34-66(60)72(67)54-28-11-4-12-29-54/h1-47,60,66H. The number of benzene rings is 11. The van der Waals surface area contributed by atoms with Gasteiger partial charge in [0.25, 0.3) is 0 Å². The summed E-state index contributed by atoms with van der Waals surface area (Å²) in [6.07, 6.45) is 9.12. The molecule has 0 fully saturated rings. The zero-order valence-corrected chi connectivity index (χ0v) is 40.1. The van der Waals surface area contributed by atoms with Gasteiger partial charge in [0, 0.05) is 56.1 Å². The highest BCUT2D eigenvalue weighted by atomic mass is 15.2. The predicted octanol–water partition coefficient (Wildman–Crippen LogP) is 18.8. The van der Waals surface area contributed by atoms with Crippen molar-refractivity contribution in [3.8, 4) is 50.3 Å². The van der Waals surface area contributed by atoms with Gasteiger partial charge < -0.3 is 14.4 Å². The smallest absolute Gasteiger partial charge is 0.0629 e. The molecule has 0 radical (unpaired) electrons. The van der Waals surface area contributed by atoms with Crippen LogP contribution in [0.5, 0.6) is 0 Å². The molecule has 3 heteroatoms. The minimum Gasteiger partial charge on any atom is -0.333 e. The maximum Gasteiger partial charge on any atom is 0.0629 e. The summed E-state index contributed by atoms with van der Waals surface area (Å²) in [5, 5.41) is 6.03. The van der Waals surface area contributed by atoms with E-state index in [0.717, 1.165) is 28.3 Å². The molecule has 14 rings (SSSR count). The number of aromatic nitrogens is 1. The Bertz CT molecular complexity index is 4060. The Morgan fingerprint density at radius 1 is 0.370 bits per heavy atom. The second kappa shape index (κ2) is 17.8. The van der Waals surface area contributed by atoms with Crippen LogP contribution in [0.25, 0.3) is 82.8 Å². The number of anilines is 5. The maximum absolute atomic E-state index is 2.51. The first-order chi connectivity index (χ1) is 36.2. The fourth-order valence-corrected chi connectivity index (χ4v) is 11.8. The summed E-state index contributed by atoms with van der Waals surface area (Å²) in [7, 11) is 0. The molecule has 1 aliphatic heterocycles. The summed E-state index contributed by atoms with van der Waals surface area (Å²) >= 11 is 0. The molecule has 0 N–H and O–H groups in total. The van der Waals surface area contributed by atoms with Crippen molar-refractivity contribution in [3.63, 3.8) is 0 Å². The molecule has 0 bridgehead atoms. The first-order valence-electron chi connectivity index (χ1n) is 25.3. The van der Waals surface area contributed by atoms with E-state index in [4.69, 9.17) is 0 Å². The molecular weight excluding hydrogens is 883 g/mol. The van der Waals surface area contributed by atoms with Gasteiger partial charge in [-0.05, 0) is 116 Å². The minimum absolute atomic E-state index is 0.207. The number of rotatable bonds is 9. The van der Waals surface area contributed by atoms with Gasteiger partial charge in [-0.3, -0.25) is 0 Å². The van der Waals surface area contributed by atoms with Crippen molar-refractivity contribution in [2.75, 3.05) is 9.80 Å². The van der Waals surface area contributed by atoms with Crippen molar-refractivity contribution in [2.45, 2.75) is 12.0 Å². The molecule has 2 atom stereocenters. The molecule has 0 saturated heterocycles. The van der Waals surface area contributed by atoms with Crippen molar-refractivity contribution in [2.24, 2.45) is 0 Å². The third-order valence-corrected chi connectivity index (χ3v) is 15.1. The molecule has 73 heavy (non-hydrogen) atoms. The van der Waals surface area contributed by atoms with E-state index in [1.54, 1.807) is 0 Å². The van der Waals surface area contributed by atoms with Crippen LogP contribution in [-0.2, 0) is 0 Å². The van der Waals surface area contributed by atoms with Crippen LogP contribution in [0, 0.1) is 0 Å². The average molecular weight is 932 g/mol. The van der Waals surface area contributed by atoms with Crippen LogP contribution in [-0.4, -0.2) is 10.6 Å². The predicted molar refractivity (Wildman–Crippen MR) is 308 cm³/mol. The van der Waals surface area contributed by atoms with Crippen LogP contribution in [0.3, 0.4) is 0 Å². The lowest BCUT2D eigenvalue weighted by Gasteiger charge is -2.29. The van der Waals surface area contributed by atoms with E-state index in [1.807, 2.05) is 0 Å². The molecular formula is C70H49N3. The Balaban J connectivity index is 0.959. The van der Waals surface area contributed by atoms with Gasteiger partial charge in [-0.25, -0.2) is 0 Å². The van der Waals surface area contributed by atoms with Crippen molar-refractivity contribution < 1.29 is 0 Å². The number of allylic oxidation sites excluding steroid dienone is 2. The van der Waals surface area contributed by atoms with Crippen molar-refractivity contribution in [1.29, 1.82) is 0 Å². The summed E-state index contributed by atoms with van der Waals surface area (Å²) < 4.78 is 2.51. The number of para-hydroxylation sites is 1. The van der Waals surface area contributed by atoms with E-state index >= 15 is 0 Å². The fraction of sp³-hybridized carbons (Fsp3) is 0.0286. The molecule has 1 aliphatic carbocycles. The lowest BCUT2D eigenvalue weighted by Crippen LogP contribution is -2.28. The zero-order valence-electron chi connectivity index (χ0n) is 40.1. The van der Waals surface area contributed by atoms with Gasteiger partial charge >= 0.3 is 0 Å². The second-order valence-electron chi connectivity index (χ2n) is 19.2. The summed E-state index contributed by atoms with van der Waals surface area (Å²) in [5.41, 5.74) is 19.0. The van der Waals surface area contributed by atoms with Crippen molar-refractivity contribution in [1.82, 2.24) is 4.57 Å². The van der Waals surface area contributed by atoms with Crippen LogP contribution in [0.4, 0.5) is 28.4 Å². The minimum atomic E-state index is 0.207. The average Bonchev–Trinajstić information content (AvgIpc) is 4.00. The molecule has 2 unspecified atom stereocenters. The Morgan fingerprint density at radius 3 is 1.68 bits per heavy atom. The van der Waals surface area contributed by atoms with Crippen LogP contribution >= 0.6 is 0 Å². The van der Waals surface area contributed by atoms with Crippen LogP contribution < -0.4 is 9.80 Å². The number of nitrogens with zero attached hydrogens (tertiary/aromatic N) is 3. The third-order valence-electron chi connectivity index (χ3n) is 15.1. The SMILES string of the molecule is C1=CC2c3cc(N(c4ccc(-c5cc6c(-c7ccccc7)c(-c7ccccc7)n(-c7ccc(-c8ccccc8)cc7)c6c6ccccc56)cc4)c4cccc5ccccc45)ccc3N(c3ccccc3)C2C=C1. The van der Waals surface area contributed by atoms with E-state index in [-0.39, 0.29) is 12.0 Å². The van der Waals surface area contributed by atoms with E-state index < -0.39 is 0 Å². The maximum atomic E-state index is 2.51. The molecule has 2 heterocycles. The summed E-state index contributed by atoms with van der Waals surface area (Å²) in [6, 6.07) is 95.9. The number of fused-ring (bicyclic) bond motifs is 7. The van der Waals surface area contributed by atoms with Gasteiger partial charge in [-0.1, -0.05) is 218 Å². The normalized spacial score (nSPS) is 14.7. The molecule has 0 spiro atoms. The number of hydrogen-bond acceptors (Lipinski definition) is 2. The Morgan fingerprint density at radius 2 is 0.945 bits per heavy atom. The summed E-state index contributed by atoms with van der Waals surface area (Å²) in [4.78, 5) is 4.96. The first kappa shape index (κ1) is 42.4. The Labute approximate surface area is 426 Å². The van der Waals surface area contributed by atoms with E-state index in [9.17, 15) is 0 Å². The molecule has 12 aromatic rings. The van der Waals surface area contributed by atoms with Gasteiger partial charge in [-0.2, -0.15) is 0 Å². The van der Waals surface area contributed by atoms with Crippen LogP contribution in [0.15, 0.2) is 285 Å². The van der Waals surface area contributed by atoms with Gasteiger partial charge in [0.15, 0.2) is 0 Å². The van der Waals surface area contributed by atoms with Crippen LogP contribution in [0.1, 0.15) is 11.5 Å². The molecule has 0 saturated carbocycles. The zero-order chi connectivity index (χ0) is 48.2. The first-order valence-corrected chi connectivity index (χ1v) is 25.3. The van der Waals surface area contributed by atoms with E-state index in [0.29, 0.717) is 0 Å². The summed E-state index contributed by atoms with van der Waals surface area (Å²) in [5.74, 6) is 0.229. The van der Waals surface area contributed by atoms with E-state index in [1.165, 1.54) is 88.5 Å². The van der Waals surface area contributed by atoms with Gasteiger partial charge in [0.2, 0.25) is 0 Å². The molecule has 3 nitrogen and oxygen atoms in total. The largest absolute Gasteiger partial charge is 0.333 e. The van der Waals surface area contributed by atoms with Gasteiger partial charge in [0.05, 0.1) is 22.9 Å². The molecule has 344 valence electrons. The molecule has 0 amide bonds. The highest BCUT2D eigenvalue weighted by Gasteiger charge is 2.38. The van der Waals surface area contributed by atoms with E-state index in [2.05, 4.69) is 300 Å². The lowest BCUT2D eigenvalue weighted by molar-refractivity contribution is 0.745. The van der Waals surface area contributed by atoms with Gasteiger partial charge in [0.1, 0.15) is 0 Å². The monoisotopic (exact) mass is 931 g/mol. The number of hydrogen-bond donors (Lipinski definition) is 0. The third kappa shape index (κ3) is 7.20. The van der Waals surface area contributed by atoms with Crippen molar-refractivity contribution >= 4 is 60.9 Å². The highest BCUT2D eigenvalue weighted by Crippen LogP contribution is 2.52. The van der Waals surface area contributed by atoms with Gasteiger partial charge in [-0.15, -0.1) is 0 Å². The van der Waals surface area contributed by atoms with Crippen LogP contribution in [0.2, 0.25) is 0 Å². The Hall–Kier alpha value is -9.44. The molecule has 2 aliphatic rings. The van der Waals surface area contributed by atoms with Crippen molar-refractivity contribution in [3.05, 3.63) is 291 Å². The topological polar surface area (TPSA) is 11.4 Å². The molecule has 11 aromatic carbocycles. The molecule has 1 aromatic heterocycles. The quantitative estimate of drug-likeness (QED) is 0.143.